The average Bonchev–Trinajstić information content (AvgIpc) is 2.94. The summed E-state index contributed by atoms with van der Waals surface area (Å²) in [4.78, 5) is 11.2. The van der Waals surface area contributed by atoms with Crippen LogP contribution in [0.2, 0.25) is 0 Å². The molecule has 2 aliphatic rings. The van der Waals surface area contributed by atoms with Gasteiger partial charge in [-0.3, -0.25) is 0 Å². The number of benzene rings is 1. The molecular weight excluding hydrogens is 360 g/mol. The van der Waals surface area contributed by atoms with Gasteiger partial charge in [-0.15, -0.1) is 0 Å². The van der Waals surface area contributed by atoms with Gasteiger partial charge in [0.1, 0.15) is 12.1 Å². The number of rotatable bonds is 3. The molecule has 0 radical (unpaired) electrons. The summed E-state index contributed by atoms with van der Waals surface area (Å²) < 4.78 is 26.4. The second-order valence-electron chi connectivity index (χ2n) is 7.83. The Hall–Kier alpha value is -1.73. The molecule has 0 saturated carbocycles. The maximum absolute atomic E-state index is 12.3. The van der Waals surface area contributed by atoms with Crippen molar-refractivity contribution in [2.45, 2.75) is 44.6 Å². The molecule has 27 heavy (non-hydrogen) atoms. The van der Waals surface area contributed by atoms with E-state index in [1.807, 2.05) is 18.2 Å². The van der Waals surface area contributed by atoms with Crippen LogP contribution in [-0.2, 0) is 10.0 Å². The SMILES string of the molecule is CS(=O)(=O)N1CCCCCC1C1CCN(c2ncnc3ccccc23)CC1. The maximum atomic E-state index is 12.3. The Morgan fingerprint density at radius 2 is 1.74 bits per heavy atom. The van der Waals surface area contributed by atoms with Gasteiger partial charge in [0.05, 0.1) is 11.8 Å². The van der Waals surface area contributed by atoms with Gasteiger partial charge in [-0.1, -0.05) is 25.0 Å². The number of sulfonamides is 1. The molecule has 2 fully saturated rings. The normalized spacial score (nSPS) is 23.4. The van der Waals surface area contributed by atoms with Gasteiger partial charge >= 0.3 is 0 Å². The van der Waals surface area contributed by atoms with E-state index in [4.69, 9.17) is 0 Å². The first-order chi connectivity index (χ1) is 13.0. The van der Waals surface area contributed by atoms with Crippen molar-refractivity contribution in [3.63, 3.8) is 0 Å². The first kappa shape index (κ1) is 18.6. The van der Waals surface area contributed by atoms with Crippen molar-refractivity contribution < 1.29 is 8.42 Å². The Labute approximate surface area is 161 Å². The van der Waals surface area contributed by atoms with Crippen LogP contribution < -0.4 is 4.90 Å². The van der Waals surface area contributed by atoms with Gasteiger partial charge in [0.15, 0.2) is 0 Å². The molecule has 7 heteroatoms. The van der Waals surface area contributed by atoms with E-state index in [1.165, 1.54) is 6.26 Å². The van der Waals surface area contributed by atoms with E-state index in [0.717, 1.165) is 68.3 Å². The standard InChI is InChI=1S/C20H28N4O2S/c1-27(25,26)24-12-6-2-3-9-19(24)16-10-13-23(14-11-16)20-17-7-4-5-8-18(17)21-15-22-20/h4-5,7-8,15-16,19H,2-3,6,9-14H2,1H3. The molecule has 2 aromatic rings. The largest absolute Gasteiger partial charge is 0.356 e. The van der Waals surface area contributed by atoms with Crippen molar-refractivity contribution in [2.24, 2.45) is 5.92 Å². The van der Waals surface area contributed by atoms with Crippen molar-refractivity contribution in [3.8, 4) is 0 Å². The van der Waals surface area contributed by atoms with Crippen molar-refractivity contribution in [1.29, 1.82) is 0 Å². The zero-order chi connectivity index (χ0) is 18.9. The number of hydrogen-bond donors (Lipinski definition) is 0. The number of hydrogen-bond acceptors (Lipinski definition) is 5. The first-order valence-electron chi connectivity index (χ1n) is 9.95. The quantitative estimate of drug-likeness (QED) is 0.808. The number of piperidine rings is 1. The minimum absolute atomic E-state index is 0.159. The van der Waals surface area contributed by atoms with Crippen molar-refractivity contribution in [3.05, 3.63) is 30.6 Å². The molecule has 1 aromatic heterocycles. The molecule has 2 saturated heterocycles. The lowest BCUT2D eigenvalue weighted by Crippen LogP contribution is -2.47. The maximum Gasteiger partial charge on any atom is 0.211 e. The smallest absolute Gasteiger partial charge is 0.211 e. The molecule has 146 valence electrons. The van der Waals surface area contributed by atoms with Gasteiger partial charge in [0, 0.05) is 31.1 Å². The monoisotopic (exact) mass is 388 g/mol. The summed E-state index contributed by atoms with van der Waals surface area (Å²) in [6.07, 6.45) is 9.27. The first-order valence-corrected chi connectivity index (χ1v) is 11.8. The third kappa shape index (κ3) is 3.94. The molecule has 3 heterocycles. The highest BCUT2D eigenvalue weighted by atomic mass is 32.2. The van der Waals surface area contributed by atoms with Crippen LogP contribution in [0, 0.1) is 5.92 Å². The van der Waals surface area contributed by atoms with Gasteiger partial charge in [-0.2, -0.15) is 4.31 Å². The molecule has 4 rings (SSSR count). The second-order valence-corrected chi connectivity index (χ2v) is 9.76. The van der Waals surface area contributed by atoms with Crippen LogP contribution in [0.25, 0.3) is 10.9 Å². The van der Waals surface area contributed by atoms with E-state index in [0.29, 0.717) is 12.5 Å². The summed E-state index contributed by atoms with van der Waals surface area (Å²) in [5.41, 5.74) is 0.969. The Balaban J connectivity index is 1.51. The van der Waals surface area contributed by atoms with Gasteiger partial charge in [0.25, 0.3) is 0 Å². The second kappa shape index (κ2) is 7.72. The molecule has 1 unspecified atom stereocenters. The molecule has 1 atom stereocenters. The summed E-state index contributed by atoms with van der Waals surface area (Å²) >= 11 is 0. The Morgan fingerprint density at radius 3 is 2.52 bits per heavy atom. The molecule has 0 N–H and O–H groups in total. The zero-order valence-electron chi connectivity index (χ0n) is 15.9. The van der Waals surface area contributed by atoms with Crippen molar-refractivity contribution in [1.82, 2.24) is 14.3 Å². The molecule has 0 bridgehead atoms. The fourth-order valence-electron chi connectivity index (χ4n) is 4.73. The van der Waals surface area contributed by atoms with Crippen molar-refractivity contribution >= 4 is 26.7 Å². The van der Waals surface area contributed by atoms with Crippen LogP contribution in [0.4, 0.5) is 5.82 Å². The predicted octanol–water partition coefficient (Wildman–Crippen LogP) is 3.05. The van der Waals surface area contributed by atoms with E-state index in [-0.39, 0.29) is 6.04 Å². The highest BCUT2D eigenvalue weighted by Gasteiger charge is 2.35. The van der Waals surface area contributed by atoms with Crippen LogP contribution in [0.5, 0.6) is 0 Å². The van der Waals surface area contributed by atoms with Crippen LogP contribution in [0.1, 0.15) is 38.5 Å². The number of fused-ring (bicyclic) bond motifs is 1. The van der Waals surface area contributed by atoms with Gasteiger partial charge in [-0.25, -0.2) is 18.4 Å². The Kier molecular flexibility index (Phi) is 5.32. The topological polar surface area (TPSA) is 66.4 Å². The molecule has 2 aliphatic heterocycles. The van der Waals surface area contributed by atoms with Gasteiger partial charge in [0.2, 0.25) is 10.0 Å². The summed E-state index contributed by atoms with van der Waals surface area (Å²) in [5, 5.41) is 1.09. The number of aromatic nitrogens is 2. The Bertz CT molecular complexity index is 888. The van der Waals surface area contributed by atoms with E-state index < -0.39 is 10.0 Å². The van der Waals surface area contributed by atoms with E-state index in [9.17, 15) is 8.42 Å². The van der Waals surface area contributed by atoms with Crippen LogP contribution in [0.3, 0.4) is 0 Å². The molecular formula is C20H28N4O2S. The molecule has 0 aliphatic carbocycles. The fraction of sp³-hybridized carbons (Fsp3) is 0.600. The van der Waals surface area contributed by atoms with Gasteiger partial charge in [-0.05, 0) is 43.7 Å². The predicted molar refractivity (Wildman–Crippen MR) is 108 cm³/mol. The minimum atomic E-state index is -3.14. The minimum Gasteiger partial charge on any atom is -0.356 e. The lowest BCUT2D eigenvalue weighted by molar-refractivity contribution is 0.206. The van der Waals surface area contributed by atoms with E-state index >= 15 is 0 Å². The molecule has 0 amide bonds. The highest BCUT2D eigenvalue weighted by Crippen LogP contribution is 2.33. The third-order valence-electron chi connectivity index (χ3n) is 6.08. The van der Waals surface area contributed by atoms with Gasteiger partial charge < -0.3 is 4.90 Å². The lowest BCUT2D eigenvalue weighted by Gasteiger charge is -2.40. The van der Waals surface area contributed by atoms with E-state index in [1.54, 1.807) is 10.6 Å². The molecule has 6 nitrogen and oxygen atoms in total. The van der Waals surface area contributed by atoms with Crippen LogP contribution in [0.15, 0.2) is 30.6 Å². The lowest BCUT2D eigenvalue weighted by atomic mass is 9.87. The summed E-state index contributed by atoms with van der Waals surface area (Å²) in [6, 6.07) is 8.28. The summed E-state index contributed by atoms with van der Waals surface area (Å²) in [6.45, 7) is 2.51. The highest BCUT2D eigenvalue weighted by molar-refractivity contribution is 7.88. The summed E-state index contributed by atoms with van der Waals surface area (Å²) in [5.74, 6) is 1.43. The third-order valence-corrected chi connectivity index (χ3v) is 7.38. The number of anilines is 1. The fourth-order valence-corrected chi connectivity index (χ4v) is 5.96. The van der Waals surface area contributed by atoms with Crippen LogP contribution in [-0.4, -0.2) is 54.6 Å². The van der Waals surface area contributed by atoms with E-state index in [2.05, 4.69) is 20.9 Å². The zero-order valence-corrected chi connectivity index (χ0v) is 16.7. The molecule has 1 aromatic carbocycles. The number of nitrogens with zero attached hydrogens (tertiary/aromatic N) is 4. The summed E-state index contributed by atoms with van der Waals surface area (Å²) in [7, 11) is -3.14. The van der Waals surface area contributed by atoms with Crippen LogP contribution >= 0.6 is 0 Å². The molecule has 0 spiro atoms. The number of para-hydroxylation sites is 1. The Morgan fingerprint density at radius 1 is 0.963 bits per heavy atom. The average molecular weight is 389 g/mol. The van der Waals surface area contributed by atoms with Crippen molar-refractivity contribution in [2.75, 3.05) is 30.8 Å².